The second kappa shape index (κ2) is 12.0. The van der Waals surface area contributed by atoms with E-state index in [9.17, 15) is 26.3 Å². The van der Waals surface area contributed by atoms with Crippen molar-refractivity contribution in [2.24, 2.45) is 5.92 Å². The van der Waals surface area contributed by atoms with Gasteiger partial charge in [0.25, 0.3) is 0 Å². The summed E-state index contributed by atoms with van der Waals surface area (Å²) in [6.07, 6.45) is -5.81. The average Bonchev–Trinajstić information content (AvgIpc) is 2.91. The number of alkyl halides is 6. The first-order valence-electron chi connectivity index (χ1n) is 14.0. The van der Waals surface area contributed by atoms with Crippen LogP contribution in [0.3, 0.4) is 0 Å². The summed E-state index contributed by atoms with van der Waals surface area (Å²) in [6.45, 7) is 10.2. The molecular formula is C33H37F6N. The van der Waals surface area contributed by atoms with Gasteiger partial charge in [0.2, 0.25) is 0 Å². The average molecular weight is 562 g/mol. The van der Waals surface area contributed by atoms with E-state index in [1.165, 1.54) is 5.56 Å². The molecule has 1 aliphatic heterocycles. The zero-order chi connectivity index (χ0) is 29.2. The first kappa shape index (κ1) is 30.2. The molecule has 40 heavy (non-hydrogen) atoms. The van der Waals surface area contributed by atoms with Crippen molar-refractivity contribution in [2.45, 2.75) is 77.2 Å². The van der Waals surface area contributed by atoms with E-state index in [1.54, 1.807) is 24.3 Å². The summed E-state index contributed by atoms with van der Waals surface area (Å²) in [4.78, 5) is 2.32. The molecule has 0 aliphatic carbocycles. The summed E-state index contributed by atoms with van der Waals surface area (Å²) < 4.78 is 78.6. The minimum absolute atomic E-state index is 0.0393. The Labute approximate surface area is 233 Å². The van der Waals surface area contributed by atoms with Crippen LogP contribution in [0.2, 0.25) is 0 Å². The van der Waals surface area contributed by atoms with E-state index in [-0.39, 0.29) is 12.0 Å². The van der Waals surface area contributed by atoms with E-state index in [0.717, 1.165) is 78.9 Å². The van der Waals surface area contributed by atoms with Gasteiger partial charge in [-0.1, -0.05) is 63.2 Å². The second-order valence-electron chi connectivity index (χ2n) is 11.6. The van der Waals surface area contributed by atoms with E-state index in [4.69, 9.17) is 0 Å². The van der Waals surface area contributed by atoms with Crippen molar-refractivity contribution in [1.29, 1.82) is 0 Å². The number of benzene rings is 3. The van der Waals surface area contributed by atoms with Crippen molar-refractivity contribution in [2.75, 3.05) is 13.1 Å². The topological polar surface area (TPSA) is 3.24 Å². The molecule has 1 saturated heterocycles. The Kier molecular flexibility index (Phi) is 9.03. The predicted molar refractivity (Wildman–Crippen MR) is 148 cm³/mol. The van der Waals surface area contributed by atoms with Crippen LogP contribution in [0.5, 0.6) is 0 Å². The summed E-state index contributed by atoms with van der Waals surface area (Å²) in [5.74, 6) is 1.01. The normalized spacial score (nSPS) is 18.6. The first-order chi connectivity index (χ1) is 18.7. The van der Waals surface area contributed by atoms with Gasteiger partial charge in [-0.05, 0) is 103 Å². The monoisotopic (exact) mass is 561 g/mol. The molecule has 1 fully saturated rings. The quantitative estimate of drug-likeness (QED) is 0.259. The maximum atomic E-state index is 13.2. The Hall–Kier alpha value is -2.80. The molecule has 0 amide bonds. The molecule has 0 spiro atoms. The molecule has 0 saturated carbocycles. The molecule has 2 unspecified atom stereocenters. The van der Waals surface area contributed by atoms with Gasteiger partial charge in [0.1, 0.15) is 0 Å². The highest BCUT2D eigenvalue weighted by atomic mass is 19.4. The Bertz CT molecular complexity index is 1260. The molecule has 1 aliphatic rings. The molecule has 1 nitrogen and oxygen atoms in total. The van der Waals surface area contributed by atoms with Gasteiger partial charge in [-0.3, -0.25) is 4.90 Å². The van der Waals surface area contributed by atoms with Crippen LogP contribution in [0.25, 0.3) is 11.1 Å². The molecule has 3 atom stereocenters. The summed E-state index contributed by atoms with van der Waals surface area (Å²) in [6, 6.07) is 17.2. The lowest BCUT2D eigenvalue weighted by atomic mass is 9.83. The van der Waals surface area contributed by atoms with Crippen LogP contribution in [-0.4, -0.2) is 18.0 Å². The van der Waals surface area contributed by atoms with E-state index >= 15 is 0 Å². The van der Waals surface area contributed by atoms with Gasteiger partial charge in [-0.2, -0.15) is 26.3 Å². The number of piperidine rings is 1. The van der Waals surface area contributed by atoms with Crippen molar-refractivity contribution in [3.05, 3.63) is 94.5 Å². The first-order valence-corrected chi connectivity index (χ1v) is 14.0. The third kappa shape index (κ3) is 7.28. The second-order valence-corrected chi connectivity index (χ2v) is 11.6. The van der Waals surface area contributed by atoms with Crippen molar-refractivity contribution in [3.63, 3.8) is 0 Å². The van der Waals surface area contributed by atoms with E-state index in [2.05, 4.69) is 43.9 Å². The third-order valence-electron chi connectivity index (χ3n) is 8.11. The SMILES string of the molecule is CC(C)C[C@H](C)c1cc(-c2ccc(C(F)(F)F)cc2)cc(C2CCCN(C(C)c3ccc(C(F)(F)F)cc3)C2)c1. The Morgan fingerprint density at radius 2 is 1.30 bits per heavy atom. The summed E-state index contributed by atoms with van der Waals surface area (Å²) in [5, 5.41) is 0. The van der Waals surface area contributed by atoms with Gasteiger partial charge in [-0.15, -0.1) is 0 Å². The van der Waals surface area contributed by atoms with Crippen molar-refractivity contribution in [3.8, 4) is 11.1 Å². The predicted octanol–water partition coefficient (Wildman–Crippen LogP) is 10.5. The van der Waals surface area contributed by atoms with Crippen LogP contribution in [-0.2, 0) is 12.4 Å². The molecule has 3 aromatic carbocycles. The van der Waals surface area contributed by atoms with E-state index in [1.807, 2.05) is 6.92 Å². The minimum Gasteiger partial charge on any atom is -0.296 e. The molecule has 0 bridgehead atoms. The molecule has 0 aromatic heterocycles. The minimum atomic E-state index is -4.38. The standard InChI is InChI=1S/C33H37F6N/c1-21(2)16-22(3)27-17-28(25-9-13-31(14-10-25)33(37,38)39)19-29(18-27)26-6-5-15-40(20-26)23(4)24-7-11-30(12-8-24)32(34,35)36/h7-14,17-19,21-23,26H,5-6,15-16,20H2,1-4H3/t22-,23?,26?/m0/s1. The number of hydrogen-bond donors (Lipinski definition) is 0. The molecule has 216 valence electrons. The third-order valence-corrected chi connectivity index (χ3v) is 8.11. The largest absolute Gasteiger partial charge is 0.416 e. The van der Waals surface area contributed by atoms with Gasteiger partial charge in [0.05, 0.1) is 11.1 Å². The summed E-state index contributed by atoms with van der Waals surface area (Å²) in [5.41, 5.74) is 3.52. The fourth-order valence-corrected chi connectivity index (χ4v) is 5.85. The molecule has 1 heterocycles. The Morgan fingerprint density at radius 3 is 1.85 bits per heavy atom. The van der Waals surface area contributed by atoms with Crippen molar-refractivity contribution < 1.29 is 26.3 Å². The van der Waals surface area contributed by atoms with Crippen LogP contribution in [0.1, 0.15) is 92.7 Å². The number of likely N-dealkylation sites (tertiary alicyclic amines) is 1. The van der Waals surface area contributed by atoms with E-state index < -0.39 is 23.5 Å². The zero-order valence-corrected chi connectivity index (χ0v) is 23.4. The van der Waals surface area contributed by atoms with E-state index in [0.29, 0.717) is 11.8 Å². The van der Waals surface area contributed by atoms with Gasteiger partial charge < -0.3 is 0 Å². The van der Waals surface area contributed by atoms with Crippen LogP contribution >= 0.6 is 0 Å². The van der Waals surface area contributed by atoms with Crippen LogP contribution < -0.4 is 0 Å². The lowest BCUT2D eigenvalue weighted by Crippen LogP contribution is -2.36. The summed E-state index contributed by atoms with van der Waals surface area (Å²) in [7, 11) is 0. The molecule has 0 radical (unpaired) electrons. The fourth-order valence-electron chi connectivity index (χ4n) is 5.85. The molecule has 7 heteroatoms. The molecule has 4 rings (SSSR count). The zero-order valence-electron chi connectivity index (χ0n) is 23.4. The van der Waals surface area contributed by atoms with Crippen molar-refractivity contribution >= 4 is 0 Å². The highest BCUT2D eigenvalue weighted by Gasteiger charge is 2.32. The smallest absolute Gasteiger partial charge is 0.296 e. The highest BCUT2D eigenvalue weighted by molar-refractivity contribution is 5.66. The van der Waals surface area contributed by atoms with Crippen LogP contribution in [0, 0.1) is 5.92 Å². The lowest BCUT2D eigenvalue weighted by molar-refractivity contribution is -0.138. The molecule has 0 N–H and O–H groups in total. The lowest BCUT2D eigenvalue weighted by Gasteiger charge is -2.37. The van der Waals surface area contributed by atoms with Crippen LogP contribution in [0.15, 0.2) is 66.7 Å². The Morgan fingerprint density at radius 1 is 0.725 bits per heavy atom. The van der Waals surface area contributed by atoms with Gasteiger partial charge >= 0.3 is 12.4 Å². The number of nitrogens with zero attached hydrogens (tertiary/aromatic N) is 1. The van der Waals surface area contributed by atoms with Gasteiger partial charge in [0.15, 0.2) is 0 Å². The Balaban J connectivity index is 1.62. The van der Waals surface area contributed by atoms with Crippen molar-refractivity contribution in [1.82, 2.24) is 4.90 Å². The highest BCUT2D eigenvalue weighted by Crippen LogP contribution is 2.38. The van der Waals surface area contributed by atoms with Gasteiger partial charge in [0, 0.05) is 12.6 Å². The maximum Gasteiger partial charge on any atom is 0.416 e. The number of rotatable bonds is 7. The fraction of sp³-hybridized carbons (Fsp3) is 0.455. The maximum absolute atomic E-state index is 13.2. The van der Waals surface area contributed by atoms with Crippen LogP contribution in [0.4, 0.5) is 26.3 Å². The molecule has 3 aromatic rings. The van der Waals surface area contributed by atoms with Gasteiger partial charge in [-0.25, -0.2) is 0 Å². The number of halogens is 6. The number of hydrogen-bond acceptors (Lipinski definition) is 1. The summed E-state index contributed by atoms with van der Waals surface area (Å²) >= 11 is 0. The molecular weight excluding hydrogens is 524 g/mol.